The number of nitrogens with one attached hydrogen (secondary N) is 2. The lowest BCUT2D eigenvalue weighted by atomic mass is 10.1. The SMILES string of the molecule is Cn1c(-c2cccs2)c(CNC(=O)Nc2ccc(Br)cc2F)c2ccccc21. The van der Waals surface area contributed by atoms with Crippen LogP contribution in [0, 0.1) is 5.82 Å². The molecule has 4 rings (SSSR count). The van der Waals surface area contributed by atoms with Crippen molar-refractivity contribution in [2.75, 3.05) is 5.32 Å². The van der Waals surface area contributed by atoms with E-state index >= 15 is 0 Å². The Kier molecular flexibility index (Phi) is 5.19. The fourth-order valence-electron chi connectivity index (χ4n) is 3.30. The van der Waals surface area contributed by atoms with Crippen LogP contribution in [0.4, 0.5) is 14.9 Å². The highest BCUT2D eigenvalue weighted by atomic mass is 79.9. The zero-order valence-electron chi connectivity index (χ0n) is 15.0. The first-order valence-corrected chi connectivity index (χ1v) is 10.3. The molecule has 4 aromatic rings. The van der Waals surface area contributed by atoms with Crippen LogP contribution >= 0.6 is 27.3 Å². The molecule has 2 heterocycles. The molecule has 28 heavy (non-hydrogen) atoms. The Morgan fingerprint density at radius 2 is 2.00 bits per heavy atom. The van der Waals surface area contributed by atoms with E-state index in [4.69, 9.17) is 0 Å². The van der Waals surface area contributed by atoms with Crippen molar-refractivity contribution >= 4 is 49.9 Å². The summed E-state index contributed by atoms with van der Waals surface area (Å²) in [5.41, 5.74) is 3.34. The number of nitrogens with zero attached hydrogens (tertiary/aromatic N) is 1. The van der Waals surface area contributed by atoms with Gasteiger partial charge in [-0.25, -0.2) is 9.18 Å². The number of halogens is 2. The molecule has 0 atom stereocenters. The summed E-state index contributed by atoms with van der Waals surface area (Å²) in [6, 6.07) is 16.2. The summed E-state index contributed by atoms with van der Waals surface area (Å²) in [7, 11) is 2.03. The molecule has 4 nitrogen and oxygen atoms in total. The van der Waals surface area contributed by atoms with Gasteiger partial charge in [0.05, 0.1) is 16.3 Å². The van der Waals surface area contributed by atoms with Crippen LogP contribution in [0.3, 0.4) is 0 Å². The van der Waals surface area contributed by atoms with E-state index < -0.39 is 11.8 Å². The van der Waals surface area contributed by atoms with Gasteiger partial charge in [0.15, 0.2) is 0 Å². The number of urea groups is 1. The van der Waals surface area contributed by atoms with Gasteiger partial charge in [0, 0.05) is 34.5 Å². The third kappa shape index (κ3) is 3.55. The van der Waals surface area contributed by atoms with Gasteiger partial charge in [0.25, 0.3) is 0 Å². The topological polar surface area (TPSA) is 46.1 Å². The molecule has 7 heteroatoms. The van der Waals surface area contributed by atoms with Gasteiger partial charge < -0.3 is 15.2 Å². The van der Waals surface area contributed by atoms with E-state index in [-0.39, 0.29) is 5.69 Å². The first-order valence-electron chi connectivity index (χ1n) is 8.64. The van der Waals surface area contributed by atoms with Gasteiger partial charge in [0.1, 0.15) is 5.82 Å². The van der Waals surface area contributed by atoms with Crippen LogP contribution in [0.5, 0.6) is 0 Å². The summed E-state index contributed by atoms with van der Waals surface area (Å²) >= 11 is 4.86. The van der Waals surface area contributed by atoms with Crippen LogP contribution in [-0.2, 0) is 13.6 Å². The van der Waals surface area contributed by atoms with Crippen molar-refractivity contribution in [2.24, 2.45) is 7.05 Å². The second-order valence-corrected chi connectivity index (χ2v) is 8.18. The zero-order chi connectivity index (χ0) is 19.7. The Morgan fingerprint density at radius 1 is 1.18 bits per heavy atom. The molecule has 0 aliphatic rings. The lowest BCUT2D eigenvalue weighted by Gasteiger charge is -2.10. The van der Waals surface area contributed by atoms with Crippen LogP contribution in [0.15, 0.2) is 64.5 Å². The zero-order valence-corrected chi connectivity index (χ0v) is 17.4. The normalized spacial score (nSPS) is 11.0. The van der Waals surface area contributed by atoms with Crippen LogP contribution in [0.1, 0.15) is 5.56 Å². The van der Waals surface area contributed by atoms with E-state index in [0.717, 1.165) is 27.0 Å². The average Bonchev–Trinajstić information content (AvgIpc) is 3.29. The Balaban J connectivity index is 1.61. The highest BCUT2D eigenvalue weighted by Crippen LogP contribution is 2.35. The Morgan fingerprint density at radius 3 is 2.75 bits per heavy atom. The molecule has 142 valence electrons. The van der Waals surface area contributed by atoms with E-state index in [1.807, 2.05) is 30.6 Å². The second kappa shape index (κ2) is 7.77. The predicted molar refractivity (Wildman–Crippen MR) is 116 cm³/mol. The average molecular weight is 458 g/mol. The van der Waals surface area contributed by atoms with E-state index in [1.54, 1.807) is 17.4 Å². The Bertz CT molecular complexity index is 1150. The minimum atomic E-state index is -0.492. The molecular formula is C21H17BrFN3OS. The molecule has 0 unspecified atom stereocenters. The number of benzene rings is 2. The monoisotopic (exact) mass is 457 g/mol. The van der Waals surface area contributed by atoms with Crippen molar-refractivity contribution in [1.29, 1.82) is 0 Å². The fourth-order valence-corrected chi connectivity index (χ4v) is 4.47. The number of aryl methyl sites for hydroxylation is 1. The third-order valence-corrected chi connectivity index (χ3v) is 5.94. The molecule has 0 aliphatic heterocycles. The highest BCUT2D eigenvalue weighted by Gasteiger charge is 2.18. The molecule has 0 saturated carbocycles. The van der Waals surface area contributed by atoms with Gasteiger partial charge in [-0.05, 0) is 35.7 Å². The lowest BCUT2D eigenvalue weighted by Crippen LogP contribution is -2.28. The number of fused-ring (bicyclic) bond motifs is 1. The number of carbonyl (C=O) groups is 1. The molecule has 0 saturated heterocycles. The quantitative estimate of drug-likeness (QED) is 0.380. The fraction of sp³-hybridized carbons (Fsp3) is 0.0952. The Hall–Kier alpha value is -2.64. The molecule has 0 spiro atoms. The van der Waals surface area contributed by atoms with Gasteiger partial charge >= 0.3 is 6.03 Å². The van der Waals surface area contributed by atoms with E-state index in [2.05, 4.69) is 49.3 Å². The summed E-state index contributed by atoms with van der Waals surface area (Å²) in [6.07, 6.45) is 0. The summed E-state index contributed by atoms with van der Waals surface area (Å²) in [5, 5.41) is 8.55. The van der Waals surface area contributed by atoms with Gasteiger partial charge in [-0.15, -0.1) is 11.3 Å². The Labute approximate surface area is 174 Å². The number of para-hydroxylation sites is 1. The van der Waals surface area contributed by atoms with Gasteiger partial charge in [-0.3, -0.25) is 0 Å². The van der Waals surface area contributed by atoms with Crippen molar-refractivity contribution in [2.45, 2.75) is 6.54 Å². The molecule has 0 aliphatic carbocycles. The lowest BCUT2D eigenvalue weighted by molar-refractivity contribution is 0.251. The molecular weight excluding hydrogens is 441 g/mol. The van der Waals surface area contributed by atoms with E-state index in [9.17, 15) is 9.18 Å². The predicted octanol–water partition coefficient (Wildman–Crippen LogP) is 6.13. The maximum atomic E-state index is 14.0. The minimum absolute atomic E-state index is 0.136. The largest absolute Gasteiger partial charge is 0.343 e. The van der Waals surface area contributed by atoms with Gasteiger partial charge in [-0.1, -0.05) is 40.2 Å². The van der Waals surface area contributed by atoms with Gasteiger partial charge in [-0.2, -0.15) is 0 Å². The number of anilines is 1. The molecule has 2 aromatic heterocycles. The maximum absolute atomic E-state index is 14.0. The molecule has 2 amide bonds. The molecule has 0 fully saturated rings. The number of hydrogen-bond donors (Lipinski definition) is 2. The standard InChI is InChI=1S/C21H17BrFN3OS/c1-26-18-6-3-2-5-14(18)15(20(26)19-7-4-10-28-19)12-24-21(27)25-17-9-8-13(22)11-16(17)23/h2-11H,12H2,1H3,(H2,24,25,27). The van der Waals surface area contributed by atoms with Crippen LogP contribution in [0.25, 0.3) is 21.5 Å². The summed E-state index contributed by atoms with van der Waals surface area (Å²) < 4.78 is 16.7. The summed E-state index contributed by atoms with van der Waals surface area (Å²) in [5.74, 6) is -0.492. The first kappa shape index (κ1) is 18.7. The number of aromatic nitrogens is 1. The minimum Gasteiger partial charge on any atom is -0.343 e. The third-order valence-electron chi connectivity index (χ3n) is 4.57. The molecule has 0 bridgehead atoms. The summed E-state index contributed by atoms with van der Waals surface area (Å²) in [6.45, 7) is 0.332. The first-order chi connectivity index (χ1) is 13.5. The number of thiophene rings is 1. The highest BCUT2D eigenvalue weighted by molar-refractivity contribution is 9.10. The second-order valence-electron chi connectivity index (χ2n) is 6.31. The van der Waals surface area contributed by atoms with Crippen molar-refractivity contribution in [3.63, 3.8) is 0 Å². The van der Waals surface area contributed by atoms with E-state index in [1.165, 1.54) is 12.1 Å². The van der Waals surface area contributed by atoms with Crippen molar-refractivity contribution in [3.05, 3.63) is 75.8 Å². The number of amides is 2. The van der Waals surface area contributed by atoms with Crippen LogP contribution < -0.4 is 10.6 Å². The van der Waals surface area contributed by atoms with Crippen LogP contribution in [0.2, 0.25) is 0 Å². The summed E-state index contributed by atoms with van der Waals surface area (Å²) in [4.78, 5) is 13.5. The maximum Gasteiger partial charge on any atom is 0.319 e. The van der Waals surface area contributed by atoms with Crippen molar-refractivity contribution in [3.8, 4) is 10.6 Å². The molecule has 2 N–H and O–H groups in total. The number of rotatable bonds is 4. The van der Waals surface area contributed by atoms with Crippen molar-refractivity contribution < 1.29 is 9.18 Å². The van der Waals surface area contributed by atoms with Crippen LogP contribution in [-0.4, -0.2) is 10.6 Å². The molecule has 2 aromatic carbocycles. The van der Waals surface area contributed by atoms with E-state index in [0.29, 0.717) is 11.0 Å². The number of hydrogen-bond acceptors (Lipinski definition) is 2. The molecule has 0 radical (unpaired) electrons. The number of carbonyl (C=O) groups excluding carboxylic acids is 1. The smallest absolute Gasteiger partial charge is 0.319 e. The van der Waals surface area contributed by atoms with Crippen molar-refractivity contribution in [1.82, 2.24) is 9.88 Å². The van der Waals surface area contributed by atoms with Gasteiger partial charge in [0.2, 0.25) is 0 Å².